The van der Waals surface area contributed by atoms with E-state index in [9.17, 15) is 29.9 Å². The van der Waals surface area contributed by atoms with Crippen LogP contribution in [0.5, 0.6) is 5.75 Å². The Morgan fingerprint density at radius 3 is 2.44 bits per heavy atom. The number of hydrogen-bond acceptors (Lipinski definition) is 10. The van der Waals surface area contributed by atoms with Crippen molar-refractivity contribution in [3.05, 3.63) is 57.6 Å². The van der Waals surface area contributed by atoms with Crippen LogP contribution >= 0.6 is 0 Å². The lowest BCUT2D eigenvalue weighted by Gasteiger charge is -2.62. The number of carbonyl (C=O) groups excluding carboxylic acids is 2. The molecule has 3 aliphatic carbocycles. The van der Waals surface area contributed by atoms with Crippen LogP contribution in [0.3, 0.4) is 0 Å². The Labute approximate surface area is 307 Å². The van der Waals surface area contributed by atoms with Crippen LogP contribution in [0.2, 0.25) is 0 Å². The first-order chi connectivity index (χ1) is 24.5. The summed E-state index contributed by atoms with van der Waals surface area (Å²) >= 11 is 0. The third kappa shape index (κ3) is 7.84. The maximum atomic E-state index is 14.2. The summed E-state index contributed by atoms with van der Waals surface area (Å²) in [5.41, 5.74) is 1.68. The van der Waals surface area contributed by atoms with Crippen LogP contribution in [0.1, 0.15) is 70.3 Å². The third-order valence-corrected chi connectivity index (χ3v) is 12.1. The Morgan fingerprint density at radius 1 is 1.17 bits per heavy atom. The SMILES string of the molecule is COc1c(CN2O[C@@H](CO)[C@H]([C@H](C)O)[C@H]2C(=O)N[C@H]2C[C@H]3C[C@@H]([C@@H]2C)C3(C)C)cccc1-c1cc(C(=O)N[C@@H](CN(C)C)C(C)C)cc([N+](=O)[O-])c1. The number of hydrogen-bond donors (Lipinski definition) is 4. The monoisotopic (exact) mass is 723 g/mol. The molecule has 3 saturated carbocycles. The van der Waals surface area contributed by atoms with E-state index in [4.69, 9.17) is 9.57 Å². The van der Waals surface area contributed by atoms with E-state index in [1.165, 1.54) is 30.7 Å². The number of carbonyl (C=O) groups is 2. The molecule has 0 unspecified atom stereocenters. The second kappa shape index (κ2) is 15.8. The van der Waals surface area contributed by atoms with Crippen molar-refractivity contribution in [1.29, 1.82) is 0 Å². The summed E-state index contributed by atoms with van der Waals surface area (Å²) in [6, 6.07) is 8.53. The maximum absolute atomic E-state index is 14.2. The second-order valence-corrected chi connectivity index (χ2v) is 16.3. The van der Waals surface area contributed by atoms with Crippen LogP contribution < -0.4 is 15.4 Å². The molecule has 2 aromatic carbocycles. The van der Waals surface area contributed by atoms with E-state index in [1.807, 2.05) is 38.9 Å². The van der Waals surface area contributed by atoms with Gasteiger partial charge in [-0.1, -0.05) is 52.8 Å². The molecule has 1 saturated heterocycles. The van der Waals surface area contributed by atoms with E-state index >= 15 is 0 Å². The number of fused-ring (bicyclic) bond motifs is 2. The molecule has 4 N–H and O–H groups in total. The Bertz CT molecular complexity index is 1630. The number of non-ortho nitro benzene ring substituents is 1. The summed E-state index contributed by atoms with van der Waals surface area (Å²) in [5, 5.41) is 41.1. The predicted molar refractivity (Wildman–Crippen MR) is 197 cm³/mol. The second-order valence-electron chi connectivity index (χ2n) is 16.3. The highest BCUT2D eigenvalue weighted by atomic mass is 16.7. The molecule has 13 nitrogen and oxygen atoms in total. The molecule has 52 heavy (non-hydrogen) atoms. The average Bonchev–Trinajstić information content (AvgIpc) is 3.46. The van der Waals surface area contributed by atoms with Gasteiger partial charge in [0.2, 0.25) is 5.91 Å². The molecule has 1 heterocycles. The van der Waals surface area contributed by atoms with Crippen molar-refractivity contribution in [2.45, 2.75) is 91.3 Å². The fourth-order valence-electron chi connectivity index (χ4n) is 8.90. The normalized spacial score (nSPS) is 27.9. The average molecular weight is 724 g/mol. The van der Waals surface area contributed by atoms with Gasteiger partial charge in [0.15, 0.2) is 0 Å². The van der Waals surface area contributed by atoms with Gasteiger partial charge in [0.1, 0.15) is 17.9 Å². The highest BCUT2D eigenvalue weighted by Crippen LogP contribution is 2.61. The van der Waals surface area contributed by atoms with E-state index in [-0.39, 0.29) is 47.1 Å². The lowest BCUT2D eigenvalue weighted by molar-refractivity contribution is -0.384. The molecule has 2 bridgehead atoms. The van der Waals surface area contributed by atoms with Crippen molar-refractivity contribution in [1.82, 2.24) is 20.6 Å². The van der Waals surface area contributed by atoms with E-state index in [1.54, 1.807) is 25.1 Å². The summed E-state index contributed by atoms with van der Waals surface area (Å²) in [6.07, 6.45) is 0.287. The van der Waals surface area contributed by atoms with Crippen LogP contribution in [0.15, 0.2) is 36.4 Å². The van der Waals surface area contributed by atoms with Crippen molar-refractivity contribution in [2.24, 2.45) is 35.0 Å². The highest BCUT2D eigenvalue weighted by molar-refractivity contribution is 5.97. The fraction of sp³-hybridized carbons (Fsp3) is 0.641. The maximum Gasteiger partial charge on any atom is 0.270 e. The third-order valence-electron chi connectivity index (χ3n) is 12.1. The lowest BCUT2D eigenvalue weighted by atomic mass is 9.45. The smallest absolute Gasteiger partial charge is 0.270 e. The number of para-hydroxylation sites is 1. The molecule has 4 aliphatic rings. The summed E-state index contributed by atoms with van der Waals surface area (Å²) in [5.74, 6) is 0.465. The van der Waals surface area contributed by atoms with E-state index in [2.05, 4.69) is 31.4 Å². The summed E-state index contributed by atoms with van der Waals surface area (Å²) < 4.78 is 5.92. The predicted octanol–water partition coefficient (Wildman–Crippen LogP) is 4.25. The first-order valence-electron chi connectivity index (χ1n) is 18.4. The zero-order chi connectivity index (χ0) is 38.2. The highest BCUT2D eigenvalue weighted by Gasteiger charge is 2.57. The topological polar surface area (TPSA) is 167 Å². The number of ether oxygens (including phenoxy) is 1. The number of likely N-dealkylation sites (N-methyl/N-ethyl adjacent to an activating group) is 1. The molecule has 4 fully saturated rings. The van der Waals surface area contributed by atoms with Crippen LogP contribution in [-0.4, -0.2) is 102 Å². The minimum atomic E-state index is -0.954. The molecule has 0 aromatic heterocycles. The zero-order valence-corrected chi connectivity index (χ0v) is 32.0. The fourth-order valence-corrected chi connectivity index (χ4v) is 8.90. The molecule has 1 aliphatic heterocycles. The van der Waals surface area contributed by atoms with Gasteiger partial charge in [0.05, 0.1) is 31.3 Å². The molecule has 9 atom stereocenters. The zero-order valence-electron chi connectivity index (χ0n) is 32.0. The Morgan fingerprint density at radius 2 is 1.88 bits per heavy atom. The van der Waals surface area contributed by atoms with Gasteiger partial charge in [-0.3, -0.25) is 24.5 Å². The first-order valence-corrected chi connectivity index (χ1v) is 18.4. The van der Waals surface area contributed by atoms with Crippen molar-refractivity contribution < 1.29 is 34.3 Å². The van der Waals surface area contributed by atoms with Crippen molar-refractivity contribution in [3.63, 3.8) is 0 Å². The van der Waals surface area contributed by atoms with Gasteiger partial charge in [0.25, 0.3) is 11.6 Å². The molecular formula is C39H57N5O8. The molecule has 6 rings (SSSR count). The van der Waals surface area contributed by atoms with E-state index in [0.29, 0.717) is 46.7 Å². The van der Waals surface area contributed by atoms with Crippen LogP contribution in [-0.2, 0) is 16.2 Å². The van der Waals surface area contributed by atoms with Crippen LogP contribution in [0.25, 0.3) is 11.1 Å². The molecule has 13 heteroatoms. The number of hydroxylamine groups is 2. The number of methoxy groups -OCH3 is 1. The number of nitro benzene ring substituents is 1. The van der Waals surface area contributed by atoms with Gasteiger partial charge >= 0.3 is 0 Å². The minimum absolute atomic E-state index is 0.00854. The first kappa shape index (κ1) is 39.6. The van der Waals surface area contributed by atoms with E-state index in [0.717, 1.165) is 6.42 Å². The largest absolute Gasteiger partial charge is 0.496 e. The van der Waals surface area contributed by atoms with Gasteiger partial charge < -0.3 is 30.5 Å². The lowest BCUT2D eigenvalue weighted by Crippen LogP contribution is -2.62. The Balaban J connectivity index is 1.46. The quantitative estimate of drug-likeness (QED) is 0.164. The standard InChI is InChI=1S/C39H57N5O8/c1-21(2)32(19-42(7)8)41-37(47)26-13-25(14-28(15-26)44(49)50)29-12-10-11-24(36(29)51-9)18-43-35(34(23(4)46)33(20-45)52-43)38(48)40-31-17-27-16-30(22(31)3)39(27,5)6/h10-15,21-23,27,30-35,45-46H,16-20H2,1-9H3,(H,40,48)(H,41,47)/t22-,23-,27+,30-,31-,32-,33-,34-,35-/m0/s1. The number of nitrogens with zero attached hydrogens (tertiary/aromatic N) is 3. The summed E-state index contributed by atoms with van der Waals surface area (Å²) in [6.45, 7) is 12.7. The minimum Gasteiger partial charge on any atom is -0.496 e. The van der Waals surface area contributed by atoms with Gasteiger partial charge in [-0.25, -0.2) is 0 Å². The summed E-state index contributed by atoms with van der Waals surface area (Å²) in [7, 11) is 5.33. The van der Waals surface area contributed by atoms with Gasteiger partial charge in [-0.05, 0) is 74.6 Å². The van der Waals surface area contributed by atoms with E-state index < -0.39 is 41.6 Å². The molecule has 2 aromatic rings. The molecule has 0 spiro atoms. The van der Waals surface area contributed by atoms with Crippen molar-refractivity contribution >= 4 is 17.5 Å². The number of nitrogens with one attached hydrogen (secondary N) is 2. The number of rotatable bonds is 14. The summed E-state index contributed by atoms with van der Waals surface area (Å²) in [4.78, 5) is 47.4. The van der Waals surface area contributed by atoms with Crippen LogP contribution in [0.4, 0.5) is 5.69 Å². The molecule has 0 radical (unpaired) electrons. The number of aliphatic hydroxyl groups is 2. The molecule has 286 valence electrons. The van der Waals surface area contributed by atoms with Crippen LogP contribution in [0, 0.1) is 45.1 Å². The number of aliphatic hydroxyl groups excluding tert-OH is 2. The van der Waals surface area contributed by atoms with Gasteiger partial charge in [-0.2, -0.15) is 5.06 Å². The Hall–Kier alpha value is -3.62. The van der Waals surface area contributed by atoms with Crippen molar-refractivity contribution in [3.8, 4) is 16.9 Å². The number of amides is 2. The van der Waals surface area contributed by atoms with Gasteiger partial charge in [0, 0.05) is 53.4 Å². The van der Waals surface area contributed by atoms with Crippen molar-refractivity contribution in [2.75, 3.05) is 34.4 Å². The molecular weight excluding hydrogens is 666 g/mol. The number of nitro groups is 1. The molecule has 2 amide bonds. The van der Waals surface area contributed by atoms with Gasteiger partial charge in [-0.15, -0.1) is 0 Å². The Kier molecular flexibility index (Phi) is 12.0. The number of benzene rings is 2.